The third-order valence-corrected chi connectivity index (χ3v) is 2.90. The molecule has 2 rings (SSSR count). The zero-order chi connectivity index (χ0) is 14.4. The maximum atomic E-state index is 5.86. The summed E-state index contributed by atoms with van der Waals surface area (Å²) >= 11 is 0. The standard InChI is InChI=1S/C16H20N2O2/c1-3-20-16-9-13(17)8-14(10-16)18-11-12-4-6-15(19-2)7-5-12/h4-10,18H,3,11,17H2,1-2H3. The summed E-state index contributed by atoms with van der Waals surface area (Å²) in [6, 6.07) is 13.6. The van der Waals surface area contributed by atoms with Crippen LogP contribution in [-0.2, 0) is 6.54 Å². The number of anilines is 2. The Balaban J connectivity index is 2.02. The molecule has 0 atom stereocenters. The van der Waals surface area contributed by atoms with E-state index in [9.17, 15) is 0 Å². The predicted molar refractivity (Wildman–Crippen MR) is 82.3 cm³/mol. The first-order valence-corrected chi connectivity index (χ1v) is 6.61. The number of ether oxygens (including phenoxy) is 2. The van der Waals surface area contributed by atoms with Crippen molar-refractivity contribution in [2.45, 2.75) is 13.5 Å². The minimum atomic E-state index is 0.626. The molecule has 3 N–H and O–H groups in total. The molecular formula is C16H20N2O2. The normalized spacial score (nSPS) is 10.1. The molecule has 4 heteroatoms. The van der Waals surface area contributed by atoms with Crippen LogP contribution in [0.2, 0.25) is 0 Å². The minimum Gasteiger partial charge on any atom is -0.497 e. The Morgan fingerprint density at radius 1 is 1.05 bits per heavy atom. The molecule has 4 nitrogen and oxygen atoms in total. The number of hydrogen-bond acceptors (Lipinski definition) is 4. The largest absolute Gasteiger partial charge is 0.497 e. The van der Waals surface area contributed by atoms with Gasteiger partial charge in [0.15, 0.2) is 0 Å². The van der Waals surface area contributed by atoms with E-state index in [0.29, 0.717) is 12.3 Å². The van der Waals surface area contributed by atoms with Gasteiger partial charge in [-0.1, -0.05) is 12.1 Å². The fourth-order valence-electron chi connectivity index (χ4n) is 1.92. The molecule has 0 bridgehead atoms. The van der Waals surface area contributed by atoms with Crippen molar-refractivity contribution in [1.29, 1.82) is 0 Å². The number of hydrogen-bond donors (Lipinski definition) is 2. The maximum Gasteiger partial charge on any atom is 0.123 e. The minimum absolute atomic E-state index is 0.626. The Morgan fingerprint density at radius 3 is 2.45 bits per heavy atom. The van der Waals surface area contributed by atoms with Crippen LogP contribution >= 0.6 is 0 Å². The van der Waals surface area contributed by atoms with Gasteiger partial charge in [-0.15, -0.1) is 0 Å². The average molecular weight is 272 g/mol. The van der Waals surface area contributed by atoms with Crippen LogP contribution in [0.25, 0.3) is 0 Å². The molecular weight excluding hydrogens is 252 g/mol. The van der Waals surface area contributed by atoms with Gasteiger partial charge in [0.05, 0.1) is 13.7 Å². The van der Waals surface area contributed by atoms with Crippen molar-refractivity contribution in [3.05, 3.63) is 48.0 Å². The molecule has 0 amide bonds. The Morgan fingerprint density at radius 2 is 1.80 bits per heavy atom. The molecule has 2 aromatic rings. The SMILES string of the molecule is CCOc1cc(N)cc(NCc2ccc(OC)cc2)c1. The van der Waals surface area contributed by atoms with Gasteiger partial charge in [0.1, 0.15) is 11.5 Å². The molecule has 0 aliphatic heterocycles. The third kappa shape index (κ3) is 3.82. The fraction of sp³-hybridized carbons (Fsp3) is 0.250. The van der Waals surface area contributed by atoms with Gasteiger partial charge in [-0.05, 0) is 30.7 Å². The average Bonchev–Trinajstić information content (AvgIpc) is 2.45. The predicted octanol–water partition coefficient (Wildman–Crippen LogP) is 3.29. The number of rotatable bonds is 6. The van der Waals surface area contributed by atoms with Crippen molar-refractivity contribution in [3.8, 4) is 11.5 Å². The molecule has 0 fully saturated rings. The molecule has 0 spiro atoms. The van der Waals surface area contributed by atoms with E-state index in [-0.39, 0.29) is 0 Å². The summed E-state index contributed by atoms with van der Waals surface area (Å²) in [5, 5.41) is 3.34. The van der Waals surface area contributed by atoms with Crippen LogP contribution in [0.4, 0.5) is 11.4 Å². The van der Waals surface area contributed by atoms with E-state index in [4.69, 9.17) is 15.2 Å². The van der Waals surface area contributed by atoms with Crippen LogP contribution in [0, 0.1) is 0 Å². The zero-order valence-corrected chi connectivity index (χ0v) is 11.8. The number of benzene rings is 2. The highest BCUT2D eigenvalue weighted by molar-refractivity contribution is 5.59. The summed E-state index contributed by atoms with van der Waals surface area (Å²) in [5.41, 5.74) is 8.67. The van der Waals surface area contributed by atoms with Crippen molar-refractivity contribution in [2.24, 2.45) is 0 Å². The molecule has 0 heterocycles. The maximum absolute atomic E-state index is 5.86. The highest BCUT2D eigenvalue weighted by atomic mass is 16.5. The third-order valence-electron chi connectivity index (χ3n) is 2.90. The Kier molecular flexibility index (Phi) is 4.71. The lowest BCUT2D eigenvalue weighted by atomic mass is 10.2. The van der Waals surface area contributed by atoms with Gasteiger partial charge in [-0.3, -0.25) is 0 Å². The molecule has 0 aromatic heterocycles. The summed E-state index contributed by atoms with van der Waals surface area (Å²) in [6.07, 6.45) is 0. The van der Waals surface area contributed by atoms with Crippen molar-refractivity contribution in [1.82, 2.24) is 0 Å². The first-order chi connectivity index (χ1) is 9.71. The van der Waals surface area contributed by atoms with Crippen LogP contribution in [0.3, 0.4) is 0 Å². The summed E-state index contributed by atoms with van der Waals surface area (Å²) in [4.78, 5) is 0. The zero-order valence-electron chi connectivity index (χ0n) is 11.8. The summed E-state index contributed by atoms with van der Waals surface area (Å²) in [7, 11) is 1.66. The molecule has 20 heavy (non-hydrogen) atoms. The van der Waals surface area contributed by atoms with Gasteiger partial charge in [0, 0.05) is 30.1 Å². The number of nitrogens with one attached hydrogen (secondary N) is 1. The second kappa shape index (κ2) is 6.70. The van der Waals surface area contributed by atoms with Gasteiger partial charge in [0.2, 0.25) is 0 Å². The van der Waals surface area contributed by atoms with E-state index < -0.39 is 0 Å². The summed E-state index contributed by atoms with van der Waals surface area (Å²) < 4.78 is 10.6. The van der Waals surface area contributed by atoms with Crippen molar-refractivity contribution in [2.75, 3.05) is 24.8 Å². The summed E-state index contributed by atoms with van der Waals surface area (Å²) in [6.45, 7) is 3.30. The highest BCUT2D eigenvalue weighted by Gasteiger charge is 2.00. The van der Waals surface area contributed by atoms with E-state index in [0.717, 1.165) is 23.7 Å². The van der Waals surface area contributed by atoms with E-state index >= 15 is 0 Å². The van der Waals surface area contributed by atoms with E-state index in [1.807, 2.05) is 49.4 Å². The first kappa shape index (κ1) is 14.1. The molecule has 0 aliphatic rings. The lowest BCUT2D eigenvalue weighted by Gasteiger charge is -2.11. The lowest BCUT2D eigenvalue weighted by Crippen LogP contribution is -2.01. The van der Waals surface area contributed by atoms with Crippen LogP contribution in [0.15, 0.2) is 42.5 Å². The van der Waals surface area contributed by atoms with Gasteiger partial charge in [-0.2, -0.15) is 0 Å². The molecule has 106 valence electrons. The van der Waals surface area contributed by atoms with E-state index in [1.54, 1.807) is 7.11 Å². The smallest absolute Gasteiger partial charge is 0.123 e. The van der Waals surface area contributed by atoms with Crippen molar-refractivity contribution < 1.29 is 9.47 Å². The summed E-state index contributed by atoms with van der Waals surface area (Å²) in [5.74, 6) is 1.64. The fourth-order valence-corrected chi connectivity index (χ4v) is 1.92. The second-order valence-corrected chi connectivity index (χ2v) is 4.43. The van der Waals surface area contributed by atoms with Crippen LogP contribution in [-0.4, -0.2) is 13.7 Å². The topological polar surface area (TPSA) is 56.5 Å². The monoisotopic (exact) mass is 272 g/mol. The molecule has 0 aliphatic carbocycles. The second-order valence-electron chi connectivity index (χ2n) is 4.43. The Hall–Kier alpha value is -2.36. The van der Waals surface area contributed by atoms with E-state index in [1.165, 1.54) is 5.56 Å². The van der Waals surface area contributed by atoms with Gasteiger partial charge in [0.25, 0.3) is 0 Å². The number of nitrogens with two attached hydrogens (primary N) is 1. The molecule has 2 aromatic carbocycles. The van der Waals surface area contributed by atoms with Gasteiger partial charge >= 0.3 is 0 Å². The first-order valence-electron chi connectivity index (χ1n) is 6.61. The lowest BCUT2D eigenvalue weighted by molar-refractivity contribution is 0.340. The van der Waals surface area contributed by atoms with Crippen molar-refractivity contribution in [3.63, 3.8) is 0 Å². The van der Waals surface area contributed by atoms with Gasteiger partial charge < -0.3 is 20.5 Å². The Labute approximate surface area is 119 Å². The van der Waals surface area contributed by atoms with Crippen LogP contribution in [0.5, 0.6) is 11.5 Å². The molecule has 0 unspecified atom stereocenters. The molecule has 0 saturated carbocycles. The van der Waals surface area contributed by atoms with Crippen molar-refractivity contribution >= 4 is 11.4 Å². The number of methoxy groups -OCH3 is 1. The van der Waals surface area contributed by atoms with Crippen LogP contribution < -0.4 is 20.5 Å². The number of nitrogen functional groups attached to an aromatic ring is 1. The van der Waals surface area contributed by atoms with Gasteiger partial charge in [-0.25, -0.2) is 0 Å². The van der Waals surface area contributed by atoms with Crippen LogP contribution in [0.1, 0.15) is 12.5 Å². The Bertz CT molecular complexity index is 553. The molecule has 0 radical (unpaired) electrons. The highest BCUT2D eigenvalue weighted by Crippen LogP contribution is 2.23. The quantitative estimate of drug-likeness (QED) is 0.792. The molecule has 0 saturated heterocycles. The van der Waals surface area contributed by atoms with E-state index in [2.05, 4.69) is 5.32 Å².